The summed E-state index contributed by atoms with van der Waals surface area (Å²) in [6.45, 7) is 1.72. The smallest absolute Gasteiger partial charge is 0.228 e. The molecule has 1 N–H and O–H groups in total. The van der Waals surface area contributed by atoms with Gasteiger partial charge in [-0.15, -0.1) is 0 Å². The molecule has 1 aromatic carbocycles. The molecule has 1 amide bonds. The number of hydrogen-bond acceptors (Lipinski definition) is 3. The molecule has 118 valence electrons. The lowest BCUT2D eigenvalue weighted by molar-refractivity contribution is -0.138. The van der Waals surface area contributed by atoms with E-state index in [1.54, 1.807) is 0 Å². The molecule has 4 rings (SSSR count). The Balaban J connectivity index is 1.37. The molecule has 3 aliphatic heterocycles. The molecule has 0 radical (unpaired) electrons. The second-order valence-electron chi connectivity index (χ2n) is 6.85. The van der Waals surface area contributed by atoms with Gasteiger partial charge in [-0.1, -0.05) is 18.2 Å². The Hall–Kier alpha value is -1.55. The van der Waals surface area contributed by atoms with E-state index in [9.17, 15) is 4.79 Å². The van der Waals surface area contributed by atoms with Crippen molar-refractivity contribution in [2.45, 2.75) is 50.4 Å². The molecule has 3 fully saturated rings. The van der Waals surface area contributed by atoms with Crippen molar-refractivity contribution in [2.75, 3.05) is 18.4 Å². The lowest BCUT2D eigenvalue weighted by Gasteiger charge is -2.36. The summed E-state index contributed by atoms with van der Waals surface area (Å²) >= 11 is 0. The number of benzene rings is 1. The fourth-order valence-electron chi connectivity index (χ4n) is 4.20. The zero-order valence-corrected chi connectivity index (χ0v) is 12.9. The molecule has 3 heterocycles. The fraction of sp³-hybridized carbons (Fsp3) is 0.611. The summed E-state index contributed by atoms with van der Waals surface area (Å²) in [5.41, 5.74) is 1.14. The maximum Gasteiger partial charge on any atom is 0.228 e. The van der Waals surface area contributed by atoms with E-state index >= 15 is 0 Å². The van der Waals surface area contributed by atoms with E-state index in [2.05, 4.69) is 22.3 Å². The molecule has 4 unspecified atom stereocenters. The average Bonchev–Trinajstić information content (AvgIpc) is 3.18. The molecule has 0 aromatic heterocycles. The highest BCUT2D eigenvalue weighted by molar-refractivity contribution is 5.80. The number of nitrogens with zero attached hydrogens (tertiary/aromatic N) is 1. The zero-order valence-electron chi connectivity index (χ0n) is 12.9. The maximum atomic E-state index is 12.8. The molecule has 0 saturated carbocycles. The Kier molecular flexibility index (Phi) is 3.78. The van der Waals surface area contributed by atoms with Crippen molar-refractivity contribution in [3.8, 4) is 0 Å². The first-order valence-electron chi connectivity index (χ1n) is 8.55. The topological polar surface area (TPSA) is 41.6 Å². The van der Waals surface area contributed by atoms with E-state index < -0.39 is 0 Å². The van der Waals surface area contributed by atoms with Crippen LogP contribution < -0.4 is 5.32 Å². The van der Waals surface area contributed by atoms with Gasteiger partial charge >= 0.3 is 0 Å². The van der Waals surface area contributed by atoms with Crippen LogP contribution in [0.15, 0.2) is 30.3 Å². The number of nitrogens with one attached hydrogen (secondary N) is 1. The van der Waals surface area contributed by atoms with Crippen LogP contribution in [0.5, 0.6) is 0 Å². The second kappa shape index (κ2) is 5.92. The third kappa shape index (κ3) is 2.72. The number of fused-ring (bicyclic) bond motifs is 2. The van der Waals surface area contributed by atoms with Gasteiger partial charge in [-0.25, -0.2) is 0 Å². The first-order chi connectivity index (χ1) is 10.8. The molecular formula is C18H24N2O2. The average molecular weight is 300 g/mol. The number of ether oxygens (including phenoxy) is 1. The first kappa shape index (κ1) is 14.1. The van der Waals surface area contributed by atoms with Gasteiger partial charge in [0.05, 0.1) is 18.1 Å². The van der Waals surface area contributed by atoms with Crippen LogP contribution >= 0.6 is 0 Å². The maximum absolute atomic E-state index is 12.8. The minimum atomic E-state index is 0.120. The van der Waals surface area contributed by atoms with Crippen LogP contribution in [0.2, 0.25) is 0 Å². The molecule has 0 spiro atoms. The van der Waals surface area contributed by atoms with Crippen LogP contribution in [0.25, 0.3) is 0 Å². The van der Waals surface area contributed by atoms with Crippen LogP contribution in [0, 0.1) is 5.92 Å². The largest absolute Gasteiger partial charge is 0.381 e. The summed E-state index contributed by atoms with van der Waals surface area (Å²) in [6, 6.07) is 10.6. The quantitative estimate of drug-likeness (QED) is 0.933. The summed E-state index contributed by atoms with van der Waals surface area (Å²) < 4.78 is 5.86. The molecule has 3 saturated heterocycles. The van der Waals surface area contributed by atoms with Gasteiger partial charge in [-0.05, 0) is 44.2 Å². The van der Waals surface area contributed by atoms with E-state index in [0.29, 0.717) is 18.1 Å². The SMILES string of the molecule is O=C(C1CC2CCC1O2)N1CCCC(Nc2ccccc2)C1. The minimum absolute atomic E-state index is 0.120. The standard InChI is InChI=1S/C18H24N2O2/c21-18(16-11-15-8-9-17(16)22-15)20-10-4-7-14(12-20)19-13-5-2-1-3-6-13/h1-3,5-6,14-17,19H,4,7-12H2. The Morgan fingerprint density at radius 1 is 1.18 bits per heavy atom. The number of para-hydroxylation sites is 1. The Morgan fingerprint density at radius 3 is 2.77 bits per heavy atom. The number of carbonyl (C=O) groups is 1. The molecule has 0 aliphatic carbocycles. The van der Waals surface area contributed by atoms with Gasteiger partial charge in [0.1, 0.15) is 0 Å². The molecule has 3 aliphatic rings. The third-order valence-corrected chi connectivity index (χ3v) is 5.30. The van der Waals surface area contributed by atoms with Crippen LogP contribution in [0.3, 0.4) is 0 Å². The Morgan fingerprint density at radius 2 is 2.05 bits per heavy atom. The number of anilines is 1. The highest BCUT2D eigenvalue weighted by Crippen LogP contribution is 2.39. The molecule has 1 aromatic rings. The molecule has 2 bridgehead atoms. The first-order valence-corrected chi connectivity index (χ1v) is 8.55. The Bertz CT molecular complexity index is 533. The molecule has 22 heavy (non-hydrogen) atoms. The highest BCUT2D eigenvalue weighted by Gasteiger charge is 2.46. The summed E-state index contributed by atoms with van der Waals surface area (Å²) in [4.78, 5) is 14.9. The van der Waals surface area contributed by atoms with Gasteiger partial charge in [0.2, 0.25) is 5.91 Å². The van der Waals surface area contributed by atoms with Crippen molar-refractivity contribution in [3.63, 3.8) is 0 Å². The van der Waals surface area contributed by atoms with E-state index in [-0.39, 0.29) is 12.0 Å². The number of amides is 1. The van der Waals surface area contributed by atoms with Crippen molar-refractivity contribution in [2.24, 2.45) is 5.92 Å². The van der Waals surface area contributed by atoms with Crippen molar-refractivity contribution in [1.82, 2.24) is 4.90 Å². The zero-order chi connectivity index (χ0) is 14.9. The predicted octanol–water partition coefficient (Wildman–Crippen LogP) is 2.66. The monoisotopic (exact) mass is 300 g/mol. The van der Waals surface area contributed by atoms with Gasteiger partial charge in [-0.3, -0.25) is 4.79 Å². The molecule has 4 heteroatoms. The highest BCUT2D eigenvalue weighted by atomic mass is 16.5. The van der Waals surface area contributed by atoms with Crippen molar-refractivity contribution < 1.29 is 9.53 Å². The van der Waals surface area contributed by atoms with Gasteiger partial charge in [0.15, 0.2) is 0 Å². The molecular weight excluding hydrogens is 276 g/mol. The molecule has 4 nitrogen and oxygen atoms in total. The number of likely N-dealkylation sites (tertiary alicyclic amines) is 1. The summed E-state index contributed by atoms with van der Waals surface area (Å²) in [5, 5.41) is 3.57. The lowest BCUT2D eigenvalue weighted by Crippen LogP contribution is -2.48. The van der Waals surface area contributed by atoms with Crippen LogP contribution in [0.4, 0.5) is 5.69 Å². The Labute approximate surface area is 131 Å². The minimum Gasteiger partial charge on any atom is -0.381 e. The van der Waals surface area contributed by atoms with E-state index in [4.69, 9.17) is 4.74 Å². The van der Waals surface area contributed by atoms with Crippen LogP contribution in [-0.2, 0) is 9.53 Å². The van der Waals surface area contributed by atoms with Gasteiger partial charge in [-0.2, -0.15) is 0 Å². The van der Waals surface area contributed by atoms with Crippen LogP contribution in [-0.4, -0.2) is 42.1 Å². The third-order valence-electron chi connectivity index (χ3n) is 5.30. The number of rotatable bonds is 3. The second-order valence-corrected chi connectivity index (χ2v) is 6.85. The summed E-state index contributed by atoms with van der Waals surface area (Å²) in [5.74, 6) is 0.445. The molecule has 4 atom stereocenters. The predicted molar refractivity (Wildman–Crippen MR) is 85.7 cm³/mol. The normalized spacial score (nSPS) is 33.9. The van der Waals surface area contributed by atoms with Crippen molar-refractivity contribution in [3.05, 3.63) is 30.3 Å². The van der Waals surface area contributed by atoms with Gasteiger partial charge in [0.25, 0.3) is 0 Å². The van der Waals surface area contributed by atoms with Gasteiger partial charge in [0, 0.05) is 24.8 Å². The number of hydrogen-bond donors (Lipinski definition) is 1. The summed E-state index contributed by atoms with van der Waals surface area (Å²) in [6.07, 6.45) is 5.91. The summed E-state index contributed by atoms with van der Waals surface area (Å²) in [7, 11) is 0. The van der Waals surface area contributed by atoms with Crippen molar-refractivity contribution in [1.29, 1.82) is 0 Å². The lowest BCUT2D eigenvalue weighted by atomic mass is 9.87. The van der Waals surface area contributed by atoms with Crippen molar-refractivity contribution >= 4 is 11.6 Å². The van der Waals surface area contributed by atoms with E-state index in [1.165, 1.54) is 0 Å². The number of piperidine rings is 1. The van der Waals surface area contributed by atoms with E-state index in [1.807, 2.05) is 18.2 Å². The van der Waals surface area contributed by atoms with Gasteiger partial charge < -0.3 is 15.0 Å². The van der Waals surface area contributed by atoms with Crippen LogP contribution in [0.1, 0.15) is 32.1 Å². The van der Waals surface area contributed by atoms with E-state index in [0.717, 1.165) is 50.9 Å². The fourth-order valence-corrected chi connectivity index (χ4v) is 4.20. The number of carbonyl (C=O) groups excluding carboxylic acids is 1.